The van der Waals surface area contributed by atoms with Crippen LogP contribution in [0.4, 0.5) is 0 Å². The summed E-state index contributed by atoms with van der Waals surface area (Å²) >= 11 is 0.120. The molecule has 0 saturated heterocycles. The van der Waals surface area contributed by atoms with Gasteiger partial charge in [-0.25, -0.2) is 0 Å². The summed E-state index contributed by atoms with van der Waals surface area (Å²) in [5.41, 5.74) is 7.67. The van der Waals surface area contributed by atoms with Crippen molar-refractivity contribution in [2.24, 2.45) is 0 Å². The minimum absolute atomic E-state index is 0.120. The molecule has 0 fully saturated rings. The van der Waals surface area contributed by atoms with Crippen LogP contribution in [-0.2, 0) is 0 Å². The van der Waals surface area contributed by atoms with Gasteiger partial charge in [-0.15, -0.1) is 0 Å². The second-order valence-electron chi connectivity index (χ2n) is 12.3. The second kappa shape index (κ2) is 10.5. The Kier molecular flexibility index (Phi) is 5.76. The Balaban J connectivity index is 1.33. The fourth-order valence-corrected chi connectivity index (χ4v) is 10.4. The number of hydrogen-bond donors (Lipinski definition) is 0. The van der Waals surface area contributed by atoms with Gasteiger partial charge in [0.25, 0.3) is 0 Å². The first-order valence-electron chi connectivity index (χ1n) is 16.6. The molecule has 0 bridgehead atoms. The Bertz CT molecular complexity index is 2780. The molecule has 0 aliphatic rings. The van der Waals surface area contributed by atoms with Gasteiger partial charge in [0.05, 0.1) is 0 Å². The number of fused-ring (bicyclic) bond motifs is 7. The maximum atomic E-state index is 9.08. The van der Waals surface area contributed by atoms with Crippen LogP contribution in [-0.4, -0.2) is 14.5 Å². The molecule has 0 saturated carbocycles. The Morgan fingerprint density at radius 1 is 0.362 bits per heavy atom. The Hall–Kier alpha value is -5.46. The van der Waals surface area contributed by atoms with E-state index in [1.165, 1.54) is 74.2 Å². The van der Waals surface area contributed by atoms with Crippen LogP contribution in [0.1, 0.15) is 1.37 Å². The van der Waals surface area contributed by atoms with Gasteiger partial charge in [0, 0.05) is 0 Å². The molecule has 0 nitrogen and oxygen atoms in total. The van der Waals surface area contributed by atoms with Gasteiger partial charge in [-0.1, -0.05) is 0 Å². The van der Waals surface area contributed by atoms with Crippen LogP contribution in [0.2, 0.25) is 0 Å². The molecule has 0 amide bonds. The zero-order valence-corrected chi connectivity index (χ0v) is 27.2. The molecule has 0 aliphatic heterocycles. The topological polar surface area (TPSA) is 0 Å². The zero-order chi connectivity index (χ0) is 31.8. The van der Waals surface area contributed by atoms with Crippen molar-refractivity contribution in [2.45, 2.75) is 0 Å². The first kappa shape index (κ1) is 25.7. The molecule has 9 aromatic carbocycles. The van der Waals surface area contributed by atoms with Crippen molar-refractivity contribution in [3.63, 3.8) is 0 Å². The summed E-state index contributed by atoms with van der Waals surface area (Å²) < 4.78 is 11.9. The van der Waals surface area contributed by atoms with Crippen LogP contribution >= 0.6 is 0 Å². The van der Waals surface area contributed by atoms with Gasteiger partial charge < -0.3 is 0 Å². The molecule has 47 heavy (non-hydrogen) atoms. The van der Waals surface area contributed by atoms with Crippen molar-refractivity contribution in [2.75, 3.05) is 0 Å². The monoisotopic (exact) mass is 661 g/mol. The van der Waals surface area contributed by atoms with E-state index in [-0.39, 0.29) is 14.5 Å². The molecule has 0 spiro atoms. The summed E-state index contributed by atoms with van der Waals surface area (Å²) in [6, 6.07) is 60.1. The van der Waals surface area contributed by atoms with Crippen molar-refractivity contribution in [1.29, 1.82) is 0 Å². The molecule has 10 aromatic rings. The molecule has 10 rings (SSSR count). The van der Waals surface area contributed by atoms with Crippen LogP contribution < -0.4 is 0 Å². The molecule has 0 aliphatic carbocycles. The van der Waals surface area contributed by atoms with E-state index in [1.807, 2.05) is 0 Å². The molecular weight excluding hydrogens is 631 g/mol. The molecule has 0 radical (unpaired) electrons. The van der Waals surface area contributed by atoms with Crippen LogP contribution in [0.5, 0.6) is 0 Å². The predicted octanol–water partition coefficient (Wildman–Crippen LogP) is 12.7. The van der Waals surface area contributed by atoms with Crippen molar-refractivity contribution in [3.8, 4) is 33.4 Å². The average Bonchev–Trinajstić information content (AvgIpc) is 3.54. The van der Waals surface area contributed by atoms with E-state index < -0.39 is 0 Å². The quantitative estimate of drug-likeness (QED) is 0.131. The molecule has 1 heteroatoms. The third kappa shape index (κ3) is 4.01. The Morgan fingerprint density at radius 3 is 1.47 bits per heavy atom. The van der Waals surface area contributed by atoms with Gasteiger partial charge in [-0.05, 0) is 0 Å². The first-order valence-corrected chi connectivity index (χ1v) is 17.8. The summed E-state index contributed by atoms with van der Waals surface area (Å²) in [6.45, 7) is 0. The van der Waals surface area contributed by atoms with Gasteiger partial charge in [0.1, 0.15) is 0 Å². The Labute approximate surface area is 280 Å². The molecule has 1 heterocycles. The number of hydrogen-bond acceptors (Lipinski definition) is 0. The van der Waals surface area contributed by atoms with Crippen LogP contribution in [0.25, 0.3) is 95.8 Å². The summed E-state index contributed by atoms with van der Waals surface area (Å²) in [4.78, 5) is 0. The van der Waals surface area contributed by atoms with E-state index in [4.69, 9.17) is 1.37 Å². The molecule has 218 valence electrons. The third-order valence-electron chi connectivity index (χ3n) is 9.72. The van der Waals surface area contributed by atoms with Crippen LogP contribution in [0.3, 0.4) is 0 Å². The van der Waals surface area contributed by atoms with Gasteiger partial charge in [-0.2, -0.15) is 0 Å². The zero-order valence-electron chi connectivity index (χ0n) is 26.5. The van der Waals surface area contributed by atoms with Crippen LogP contribution in [0.15, 0.2) is 170 Å². The van der Waals surface area contributed by atoms with Crippen molar-refractivity contribution in [1.82, 2.24) is 0 Å². The Morgan fingerprint density at radius 2 is 0.830 bits per heavy atom. The third-order valence-corrected chi connectivity index (χ3v) is 12.2. The summed E-state index contributed by atoms with van der Waals surface area (Å²) in [5, 5.41) is 12.1. The van der Waals surface area contributed by atoms with E-state index in [9.17, 15) is 0 Å². The summed E-state index contributed by atoms with van der Waals surface area (Å²) in [6.07, 6.45) is 0. The minimum atomic E-state index is 0.120. The van der Waals surface area contributed by atoms with Crippen LogP contribution in [0, 0.1) is 0 Å². The average molecular weight is 661 g/mol. The molecule has 0 N–H and O–H groups in total. The van der Waals surface area contributed by atoms with E-state index >= 15 is 0 Å². The maximum absolute atomic E-state index is 9.08. The predicted molar refractivity (Wildman–Crippen MR) is 205 cm³/mol. The fraction of sp³-hybridized carbons (Fsp3) is 0. The molecular formula is C46H28Se. The summed E-state index contributed by atoms with van der Waals surface area (Å²) in [5.74, 6) is 0. The molecule has 1 aromatic heterocycles. The van der Waals surface area contributed by atoms with E-state index in [2.05, 4.69) is 164 Å². The van der Waals surface area contributed by atoms with Crippen molar-refractivity contribution in [3.05, 3.63) is 170 Å². The molecule has 0 unspecified atom stereocenters. The van der Waals surface area contributed by atoms with Gasteiger partial charge in [0.2, 0.25) is 0 Å². The van der Waals surface area contributed by atoms with Gasteiger partial charge in [0.15, 0.2) is 0 Å². The number of benzene rings is 9. The van der Waals surface area contributed by atoms with E-state index in [0.29, 0.717) is 6.04 Å². The normalized spacial score (nSPS) is 12.1. The van der Waals surface area contributed by atoms with Crippen molar-refractivity contribution >= 4 is 76.9 Å². The van der Waals surface area contributed by atoms with E-state index in [0.717, 1.165) is 21.5 Å². The van der Waals surface area contributed by atoms with Crippen molar-refractivity contribution < 1.29 is 1.37 Å². The SMILES string of the molecule is [2H]c1c2ccccc2c(-c2cccc3c2[se]c2cccc(-c4c5ccccc5c(-c5ccccc5)c5ccccc45)c23)c2ccccc12. The first-order chi connectivity index (χ1) is 23.8. The number of rotatable bonds is 3. The second-order valence-corrected chi connectivity index (χ2v) is 14.5. The summed E-state index contributed by atoms with van der Waals surface area (Å²) in [7, 11) is 0. The van der Waals surface area contributed by atoms with Gasteiger partial charge >= 0.3 is 281 Å². The standard InChI is InChI=1S/C46H28Se/c1-2-14-29(15-3-1)42-34-20-8-10-22-36(34)44(37-23-11-9-21-35(37)42)38-24-13-27-41-45(38)40-26-12-25-39(46(40)47-41)43-32-18-6-4-16-30(32)28-31-17-5-7-19-33(31)43/h1-28H/i28D. The van der Waals surface area contributed by atoms with Gasteiger partial charge in [-0.3, -0.25) is 0 Å². The molecule has 0 atom stereocenters. The fourth-order valence-electron chi connectivity index (χ4n) is 7.79. The van der Waals surface area contributed by atoms with E-state index in [1.54, 1.807) is 0 Å².